The summed E-state index contributed by atoms with van der Waals surface area (Å²) in [4.78, 5) is 0. The van der Waals surface area contributed by atoms with Crippen LogP contribution in [0.4, 0.5) is 43.9 Å². The van der Waals surface area contributed by atoms with Crippen molar-refractivity contribution >= 4 is 15.9 Å². The van der Waals surface area contributed by atoms with Gasteiger partial charge >= 0.3 is 18.5 Å². The van der Waals surface area contributed by atoms with E-state index in [4.69, 9.17) is 0 Å². The van der Waals surface area contributed by atoms with Gasteiger partial charge in [-0.25, -0.2) is 4.39 Å². The fourth-order valence-electron chi connectivity index (χ4n) is 1.87. The molecule has 0 saturated heterocycles. The molecule has 24 heavy (non-hydrogen) atoms. The second-order valence-corrected chi connectivity index (χ2v) is 5.75. The quantitative estimate of drug-likeness (QED) is 0.480. The van der Waals surface area contributed by atoms with Gasteiger partial charge in [0, 0.05) is 10.5 Å². The molecule has 137 valence electrons. The van der Waals surface area contributed by atoms with Crippen molar-refractivity contribution < 1.29 is 43.9 Å². The molecule has 0 unspecified atom stereocenters. The van der Waals surface area contributed by atoms with Gasteiger partial charge in [0.2, 0.25) is 0 Å². The lowest BCUT2D eigenvalue weighted by Gasteiger charge is -2.29. The Morgan fingerprint density at radius 3 is 1.75 bits per heavy atom. The molecule has 1 aromatic rings. The topological polar surface area (TPSA) is 0 Å². The molecular weight excluding hydrogens is 426 g/mol. The third kappa shape index (κ3) is 4.76. The monoisotopic (exact) mass is 433 g/mol. The van der Waals surface area contributed by atoms with Gasteiger partial charge in [-0.1, -0.05) is 15.9 Å². The van der Waals surface area contributed by atoms with E-state index in [0.29, 0.717) is 6.07 Å². The molecule has 0 amide bonds. The van der Waals surface area contributed by atoms with Crippen LogP contribution in [0.1, 0.15) is 24.0 Å². The molecule has 0 spiro atoms. The Morgan fingerprint density at radius 2 is 1.33 bits per heavy atom. The van der Waals surface area contributed by atoms with E-state index < -0.39 is 49.0 Å². The number of alkyl halides is 10. The van der Waals surface area contributed by atoms with Crippen LogP contribution >= 0.6 is 15.9 Å². The summed E-state index contributed by atoms with van der Waals surface area (Å²) >= 11 is 2.71. The van der Waals surface area contributed by atoms with Gasteiger partial charge in [-0.2, -0.15) is 39.5 Å². The molecule has 0 saturated carbocycles. The van der Waals surface area contributed by atoms with Crippen molar-refractivity contribution in [2.45, 2.75) is 43.5 Å². The van der Waals surface area contributed by atoms with E-state index in [0.717, 1.165) is 6.07 Å². The summed E-state index contributed by atoms with van der Waals surface area (Å²) in [5.74, 6) is 0. The van der Waals surface area contributed by atoms with Gasteiger partial charge < -0.3 is 0 Å². The maximum atomic E-state index is 13.4. The standard InChI is InChI=1S/C13H8BrF10/c14-9-5-7(4-8(6-9)11(16,17)18)2-1-3-10(15,12(19,20)21)13(22,23)24/h4-5H,1-3H2. The fraction of sp³-hybridized carbons (Fsp3) is 0.538. The van der Waals surface area contributed by atoms with Crippen molar-refractivity contribution in [3.05, 3.63) is 33.8 Å². The highest BCUT2D eigenvalue weighted by atomic mass is 79.9. The van der Waals surface area contributed by atoms with E-state index in [1.807, 2.05) is 6.07 Å². The minimum absolute atomic E-state index is 0.175. The zero-order valence-corrected chi connectivity index (χ0v) is 13.0. The normalized spacial score (nSPS) is 14.1. The summed E-state index contributed by atoms with van der Waals surface area (Å²) in [6.07, 6.45) is -20.6. The lowest BCUT2D eigenvalue weighted by Crippen LogP contribution is -2.53. The minimum atomic E-state index is -6.17. The molecule has 0 heterocycles. The van der Waals surface area contributed by atoms with Crippen LogP contribution in [-0.2, 0) is 12.6 Å². The Balaban J connectivity index is 2.92. The van der Waals surface area contributed by atoms with Crippen LogP contribution in [0, 0.1) is 6.07 Å². The Hall–Kier alpha value is -1.00. The van der Waals surface area contributed by atoms with Gasteiger partial charge in [-0.05, 0) is 37.0 Å². The van der Waals surface area contributed by atoms with Crippen LogP contribution in [0.5, 0.6) is 0 Å². The molecule has 0 atom stereocenters. The third-order valence-corrected chi connectivity index (χ3v) is 3.51. The molecule has 1 radical (unpaired) electrons. The van der Waals surface area contributed by atoms with Gasteiger partial charge in [0.1, 0.15) is 0 Å². The maximum absolute atomic E-state index is 13.4. The molecule has 0 fully saturated rings. The fourth-order valence-corrected chi connectivity index (χ4v) is 2.38. The molecule has 1 rings (SSSR count). The highest BCUT2D eigenvalue weighted by Gasteiger charge is 2.71. The first kappa shape index (κ1) is 21.0. The molecule has 0 aliphatic rings. The molecule has 0 nitrogen and oxygen atoms in total. The zero-order chi connectivity index (χ0) is 19.0. The van der Waals surface area contributed by atoms with Crippen molar-refractivity contribution in [3.63, 3.8) is 0 Å². The average molecular weight is 434 g/mol. The highest BCUT2D eigenvalue weighted by Crippen LogP contribution is 2.49. The lowest BCUT2D eigenvalue weighted by molar-refractivity contribution is -0.343. The maximum Gasteiger partial charge on any atom is 0.431 e. The van der Waals surface area contributed by atoms with Crippen molar-refractivity contribution in [2.75, 3.05) is 0 Å². The summed E-state index contributed by atoms with van der Waals surface area (Å²) in [6.45, 7) is 0. The summed E-state index contributed by atoms with van der Waals surface area (Å²) in [5.41, 5.74) is -6.85. The minimum Gasteiger partial charge on any atom is -0.224 e. The SMILES string of the molecule is FC(F)(F)c1[c]c(Br)cc(CCCC(F)(C(F)(F)F)C(F)(F)F)c1. The molecular formula is C13H8BrF10. The highest BCUT2D eigenvalue weighted by molar-refractivity contribution is 9.10. The third-order valence-electron chi connectivity index (χ3n) is 3.09. The lowest BCUT2D eigenvalue weighted by atomic mass is 9.95. The van der Waals surface area contributed by atoms with Gasteiger partial charge in [0.25, 0.3) is 5.67 Å². The van der Waals surface area contributed by atoms with E-state index >= 15 is 0 Å². The molecule has 1 aromatic carbocycles. The van der Waals surface area contributed by atoms with Crippen molar-refractivity contribution in [1.82, 2.24) is 0 Å². The zero-order valence-electron chi connectivity index (χ0n) is 11.4. The van der Waals surface area contributed by atoms with Gasteiger partial charge in [0.05, 0.1) is 5.56 Å². The number of benzene rings is 1. The first-order chi connectivity index (χ1) is 10.6. The Kier molecular flexibility index (Phi) is 5.89. The van der Waals surface area contributed by atoms with E-state index in [1.54, 1.807) is 0 Å². The Labute approximate surface area is 138 Å². The average Bonchev–Trinajstić information content (AvgIpc) is 2.34. The Bertz CT molecular complexity index is 556. The van der Waals surface area contributed by atoms with E-state index in [1.165, 1.54) is 0 Å². The summed E-state index contributed by atoms with van der Waals surface area (Å²) in [5, 5.41) is 0. The predicted octanol–water partition coefficient (Wildman–Crippen LogP) is 6.42. The van der Waals surface area contributed by atoms with E-state index in [9.17, 15) is 43.9 Å². The van der Waals surface area contributed by atoms with Crippen molar-refractivity contribution in [1.29, 1.82) is 0 Å². The van der Waals surface area contributed by atoms with Gasteiger partial charge in [-0.15, -0.1) is 0 Å². The van der Waals surface area contributed by atoms with Crippen LogP contribution in [0.2, 0.25) is 0 Å². The predicted molar refractivity (Wildman–Crippen MR) is 66.9 cm³/mol. The largest absolute Gasteiger partial charge is 0.431 e. The van der Waals surface area contributed by atoms with Crippen molar-refractivity contribution in [2.24, 2.45) is 0 Å². The first-order valence-corrected chi connectivity index (χ1v) is 6.98. The molecule has 0 N–H and O–H groups in total. The number of aryl methyl sites for hydroxylation is 1. The first-order valence-electron chi connectivity index (χ1n) is 6.19. The van der Waals surface area contributed by atoms with Gasteiger partial charge in [-0.3, -0.25) is 0 Å². The number of hydrogen-bond donors (Lipinski definition) is 0. The number of rotatable bonds is 4. The van der Waals surface area contributed by atoms with E-state index in [2.05, 4.69) is 15.9 Å². The molecule has 11 heteroatoms. The second kappa shape index (κ2) is 6.72. The second-order valence-electron chi connectivity index (χ2n) is 4.90. The van der Waals surface area contributed by atoms with Gasteiger partial charge in [0.15, 0.2) is 0 Å². The van der Waals surface area contributed by atoms with Crippen LogP contribution in [0.15, 0.2) is 16.6 Å². The van der Waals surface area contributed by atoms with E-state index in [-0.39, 0.29) is 10.0 Å². The van der Waals surface area contributed by atoms with Crippen LogP contribution < -0.4 is 0 Å². The summed E-state index contributed by atoms with van der Waals surface area (Å²) in [6, 6.07) is 3.49. The molecule has 0 aliphatic carbocycles. The number of halogens is 11. The summed E-state index contributed by atoms with van der Waals surface area (Å²) < 4.78 is 125. The Morgan fingerprint density at radius 1 is 0.833 bits per heavy atom. The van der Waals surface area contributed by atoms with Crippen LogP contribution in [0.25, 0.3) is 0 Å². The van der Waals surface area contributed by atoms with Crippen LogP contribution in [-0.4, -0.2) is 18.0 Å². The van der Waals surface area contributed by atoms with Crippen LogP contribution in [0.3, 0.4) is 0 Å². The van der Waals surface area contributed by atoms with Crippen molar-refractivity contribution in [3.8, 4) is 0 Å². The smallest absolute Gasteiger partial charge is 0.224 e. The molecule has 0 aliphatic heterocycles. The molecule has 0 bridgehead atoms. The summed E-state index contributed by atoms with van der Waals surface area (Å²) in [7, 11) is 0. The number of hydrogen-bond acceptors (Lipinski definition) is 0. The molecule has 0 aromatic heterocycles.